The van der Waals surface area contributed by atoms with E-state index in [1.807, 2.05) is 24.7 Å². The molecule has 8 nitrogen and oxygen atoms in total. The van der Waals surface area contributed by atoms with Crippen LogP contribution in [0.25, 0.3) is 10.3 Å². The second-order valence-corrected chi connectivity index (χ2v) is 7.67. The van der Waals surface area contributed by atoms with Crippen LogP contribution in [0.1, 0.15) is 35.8 Å². The Morgan fingerprint density at radius 3 is 2.88 bits per heavy atom. The van der Waals surface area contributed by atoms with Gasteiger partial charge in [-0.3, -0.25) is 9.89 Å². The van der Waals surface area contributed by atoms with Gasteiger partial charge in [-0.15, -0.1) is 0 Å². The van der Waals surface area contributed by atoms with Gasteiger partial charge in [-0.25, -0.2) is 9.67 Å². The lowest BCUT2D eigenvalue weighted by Gasteiger charge is -2.30. The van der Waals surface area contributed by atoms with E-state index in [1.54, 1.807) is 11.3 Å². The van der Waals surface area contributed by atoms with Crippen molar-refractivity contribution in [3.05, 3.63) is 23.1 Å². The first kappa shape index (κ1) is 17.0. The molecule has 4 heterocycles. The Morgan fingerprint density at radius 2 is 2.19 bits per heavy atom. The maximum atomic E-state index is 11.4. The van der Waals surface area contributed by atoms with Gasteiger partial charge in [0.2, 0.25) is 0 Å². The number of aromatic amines is 1. The summed E-state index contributed by atoms with van der Waals surface area (Å²) in [6.45, 7) is 3.94. The molecule has 0 atom stereocenters. The number of fused-ring (bicyclic) bond motifs is 1. The first-order chi connectivity index (χ1) is 12.5. The summed E-state index contributed by atoms with van der Waals surface area (Å²) in [5.74, 6) is 0.155. The normalized spacial score (nSPS) is 15.7. The van der Waals surface area contributed by atoms with Crippen molar-refractivity contribution in [1.82, 2.24) is 25.0 Å². The molecule has 9 heteroatoms. The second kappa shape index (κ2) is 6.71. The number of carbonyl (C=O) groups excluding carboxylic acids is 1. The molecule has 0 bridgehead atoms. The van der Waals surface area contributed by atoms with Crippen molar-refractivity contribution in [2.24, 2.45) is 7.05 Å². The van der Waals surface area contributed by atoms with E-state index in [-0.39, 0.29) is 12.4 Å². The summed E-state index contributed by atoms with van der Waals surface area (Å²) >= 11 is 1.72. The molecule has 1 saturated heterocycles. The van der Waals surface area contributed by atoms with Gasteiger partial charge in [0, 0.05) is 31.7 Å². The summed E-state index contributed by atoms with van der Waals surface area (Å²) in [4.78, 5) is 18.5. The number of anilines is 1. The van der Waals surface area contributed by atoms with E-state index in [4.69, 9.17) is 9.72 Å². The third-order valence-electron chi connectivity index (χ3n) is 4.93. The predicted octanol–water partition coefficient (Wildman–Crippen LogP) is 2.16. The van der Waals surface area contributed by atoms with Gasteiger partial charge < -0.3 is 9.64 Å². The number of piperidine rings is 1. The second-order valence-electron chi connectivity index (χ2n) is 6.69. The molecule has 0 aromatic carbocycles. The Kier molecular flexibility index (Phi) is 4.39. The molecule has 0 spiro atoms. The van der Waals surface area contributed by atoms with Gasteiger partial charge in [0.1, 0.15) is 0 Å². The van der Waals surface area contributed by atoms with Crippen LogP contribution in [0.4, 0.5) is 5.13 Å². The topological polar surface area (TPSA) is 88.9 Å². The summed E-state index contributed by atoms with van der Waals surface area (Å²) in [7, 11) is 3.34. The van der Waals surface area contributed by atoms with E-state index in [9.17, 15) is 4.79 Å². The Morgan fingerprint density at radius 1 is 1.42 bits per heavy atom. The summed E-state index contributed by atoms with van der Waals surface area (Å²) in [6.07, 6.45) is 2.28. The average Bonchev–Trinajstić information content (AvgIpc) is 3.34. The number of H-pyrrole nitrogens is 1. The molecule has 26 heavy (non-hydrogen) atoms. The number of rotatable bonds is 4. The van der Waals surface area contributed by atoms with Gasteiger partial charge in [0.15, 0.2) is 10.8 Å². The molecule has 3 aromatic heterocycles. The SMILES string of the molecule is COC(=O)Cc1cc(C2CCN(c3nc4c(s3)c(C)nn4C)CC2)n[nH]1. The lowest BCUT2D eigenvalue weighted by molar-refractivity contribution is -0.139. The van der Waals surface area contributed by atoms with Crippen LogP contribution in [0.2, 0.25) is 0 Å². The number of ether oxygens (including phenoxy) is 1. The number of nitrogens with zero attached hydrogens (tertiary/aromatic N) is 5. The number of esters is 1. The summed E-state index contributed by atoms with van der Waals surface area (Å²) in [6, 6.07) is 1.99. The fraction of sp³-hybridized carbons (Fsp3) is 0.529. The third-order valence-corrected chi connectivity index (χ3v) is 6.14. The van der Waals surface area contributed by atoms with Crippen molar-refractivity contribution in [2.45, 2.75) is 32.1 Å². The molecule has 1 aliphatic rings. The van der Waals surface area contributed by atoms with Crippen molar-refractivity contribution in [3.63, 3.8) is 0 Å². The summed E-state index contributed by atoms with van der Waals surface area (Å²) in [5.41, 5.74) is 3.84. The number of hydrogen-bond donors (Lipinski definition) is 1. The molecule has 0 radical (unpaired) electrons. The minimum absolute atomic E-state index is 0.238. The minimum Gasteiger partial charge on any atom is -0.469 e. The maximum Gasteiger partial charge on any atom is 0.311 e. The Balaban J connectivity index is 1.42. The van der Waals surface area contributed by atoms with Crippen LogP contribution in [0.5, 0.6) is 0 Å². The van der Waals surface area contributed by atoms with Crippen LogP contribution in [-0.2, 0) is 23.0 Å². The highest BCUT2D eigenvalue weighted by Gasteiger charge is 2.25. The quantitative estimate of drug-likeness (QED) is 0.704. The highest BCUT2D eigenvalue weighted by molar-refractivity contribution is 7.22. The summed E-state index contributed by atoms with van der Waals surface area (Å²) in [5, 5.41) is 12.8. The largest absolute Gasteiger partial charge is 0.469 e. The third kappa shape index (κ3) is 3.07. The van der Waals surface area contributed by atoms with Gasteiger partial charge in [0.05, 0.1) is 29.6 Å². The van der Waals surface area contributed by atoms with Crippen molar-refractivity contribution in [2.75, 3.05) is 25.1 Å². The van der Waals surface area contributed by atoms with Gasteiger partial charge in [-0.2, -0.15) is 10.2 Å². The van der Waals surface area contributed by atoms with Crippen molar-refractivity contribution in [3.8, 4) is 0 Å². The van der Waals surface area contributed by atoms with Crippen LogP contribution in [0, 0.1) is 6.92 Å². The molecular formula is C17H22N6O2S. The molecule has 0 saturated carbocycles. The lowest BCUT2D eigenvalue weighted by Crippen LogP contribution is -2.32. The van der Waals surface area contributed by atoms with Crippen LogP contribution < -0.4 is 4.90 Å². The Labute approximate surface area is 155 Å². The van der Waals surface area contributed by atoms with E-state index in [0.29, 0.717) is 5.92 Å². The lowest BCUT2D eigenvalue weighted by atomic mass is 9.93. The molecule has 1 N–H and O–H groups in total. The highest BCUT2D eigenvalue weighted by Crippen LogP contribution is 2.35. The smallest absolute Gasteiger partial charge is 0.311 e. The van der Waals surface area contributed by atoms with Gasteiger partial charge in [-0.1, -0.05) is 11.3 Å². The van der Waals surface area contributed by atoms with E-state index in [2.05, 4.69) is 20.2 Å². The van der Waals surface area contributed by atoms with E-state index in [1.165, 1.54) is 11.8 Å². The van der Waals surface area contributed by atoms with Gasteiger partial charge in [0.25, 0.3) is 0 Å². The predicted molar refractivity (Wildman–Crippen MR) is 99.6 cm³/mol. The molecule has 1 aliphatic heterocycles. The standard InChI is InChI=1S/C17H22N6O2S/c1-10-15-16(22(2)21-10)18-17(26-15)23-6-4-11(5-7-23)13-8-12(19-20-13)9-14(24)25-3/h8,11H,4-7,9H2,1-3H3,(H,19,20). The van der Waals surface area contributed by atoms with E-state index in [0.717, 1.165) is 53.8 Å². The zero-order chi connectivity index (χ0) is 18.3. The van der Waals surface area contributed by atoms with Crippen molar-refractivity contribution < 1.29 is 9.53 Å². The van der Waals surface area contributed by atoms with Crippen molar-refractivity contribution >= 4 is 32.8 Å². The van der Waals surface area contributed by atoms with E-state index < -0.39 is 0 Å². The highest BCUT2D eigenvalue weighted by atomic mass is 32.1. The maximum absolute atomic E-state index is 11.4. The number of aryl methyl sites for hydroxylation is 2. The Bertz CT molecular complexity index is 900. The van der Waals surface area contributed by atoms with Crippen molar-refractivity contribution in [1.29, 1.82) is 0 Å². The van der Waals surface area contributed by atoms with Gasteiger partial charge >= 0.3 is 5.97 Å². The zero-order valence-electron chi connectivity index (χ0n) is 15.2. The van der Waals surface area contributed by atoms with Crippen LogP contribution >= 0.6 is 11.3 Å². The number of hydrogen-bond acceptors (Lipinski definition) is 7. The fourth-order valence-electron chi connectivity index (χ4n) is 3.48. The van der Waals surface area contributed by atoms with Crippen LogP contribution in [-0.4, -0.2) is 51.1 Å². The molecule has 1 fully saturated rings. The number of thiazole rings is 1. The first-order valence-corrected chi connectivity index (χ1v) is 9.53. The minimum atomic E-state index is -0.254. The van der Waals surface area contributed by atoms with Crippen LogP contribution in [0.15, 0.2) is 6.07 Å². The Hall–Kier alpha value is -2.42. The number of nitrogens with one attached hydrogen (secondary N) is 1. The molecule has 0 unspecified atom stereocenters. The molecule has 3 aromatic rings. The number of methoxy groups -OCH3 is 1. The van der Waals surface area contributed by atoms with Gasteiger partial charge in [-0.05, 0) is 25.8 Å². The number of carbonyl (C=O) groups is 1. The molecular weight excluding hydrogens is 352 g/mol. The number of aromatic nitrogens is 5. The fourth-order valence-corrected chi connectivity index (χ4v) is 4.57. The average molecular weight is 374 g/mol. The monoisotopic (exact) mass is 374 g/mol. The molecule has 0 aliphatic carbocycles. The van der Waals surface area contributed by atoms with Crippen LogP contribution in [0.3, 0.4) is 0 Å². The van der Waals surface area contributed by atoms with E-state index >= 15 is 0 Å². The first-order valence-electron chi connectivity index (χ1n) is 8.71. The zero-order valence-corrected chi connectivity index (χ0v) is 16.0. The summed E-state index contributed by atoms with van der Waals surface area (Å²) < 4.78 is 7.72. The molecule has 138 valence electrons. The molecule has 4 rings (SSSR count). The molecule has 0 amide bonds.